The predicted molar refractivity (Wildman–Crippen MR) is 62.1 cm³/mol. The second-order valence-electron chi connectivity index (χ2n) is 3.59. The number of rotatable bonds is 5. The number of benzene rings is 1. The average Bonchev–Trinajstić information content (AvgIpc) is 2.30. The SMILES string of the molecule is CO[C@H](c1ccc(SC(F)(F)F)cc1)C(N)CF. The quantitative estimate of drug-likeness (QED) is 0.665. The van der Waals surface area contributed by atoms with Crippen LogP contribution in [-0.2, 0) is 4.74 Å². The number of hydrogen-bond donors (Lipinski definition) is 1. The van der Waals surface area contributed by atoms with Gasteiger partial charge in [0.1, 0.15) is 6.67 Å². The maximum atomic E-state index is 12.5. The molecular formula is C11H13F4NOS. The van der Waals surface area contributed by atoms with Gasteiger partial charge < -0.3 is 10.5 Å². The molecule has 1 rings (SSSR count). The molecule has 0 saturated heterocycles. The van der Waals surface area contributed by atoms with Crippen molar-refractivity contribution in [2.24, 2.45) is 5.73 Å². The zero-order valence-corrected chi connectivity index (χ0v) is 10.4. The molecule has 0 saturated carbocycles. The molecule has 7 heteroatoms. The minimum absolute atomic E-state index is 0.0647. The number of alkyl halides is 4. The van der Waals surface area contributed by atoms with Gasteiger partial charge >= 0.3 is 5.51 Å². The van der Waals surface area contributed by atoms with Gasteiger partial charge in [-0.15, -0.1) is 0 Å². The van der Waals surface area contributed by atoms with E-state index in [1.807, 2.05) is 0 Å². The summed E-state index contributed by atoms with van der Waals surface area (Å²) in [7, 11) is 1.37. The van der Waals surface area contributed by atoms with E-state index >= 15 is 0 Å². The lowest BCUT2D eigenvalue weighted by atomic mass is 10.0. The van der Waals surface area contributed by atoms with Crippen LogP contribution in [0.2, 0.25) is 0 Å². The Labute approximate surface area is 106 Å². The van der Waals surface area contributed by atoms with Gasteiger partial charge in [-0.25, -0.2) is 4.39 Å². The summed E-state index contributed by atoms with van der Waals surface area (Å²) in [4.78, 5) is 0.0647. The molecule has 2 nitrogen and oxygen atoms in total. The molecule has 0 aromatic heterocycles. The first-order chi connectivity index (χ1) is 8.37. The van der Waals surface area contributed by atoms with Gasteiger partial charge in [0, 0.05) is 12.0 Å². The number of thioether (sulfide) groups is 1. The summed E-state index contributed by atoms with van der Waals surface area (Å²) in [5, 5.41) is 0. The molecule has 0 bridgehead atoms. The molecule has 0 radical (unpaired) electrons. The Kier molecular flexibility index (Phi) is 5.43. The van der Waals surface area contributed by atoms with Crippen LogP contribution in [0.25, 0.3) is 0 Å². The Morgan fingerprint density at radius 1 is 1.28 bits per heavy atom. The Bertz CT molecular complexity index is 368. The van der Waals surface area contributed by atoms with Crippen molar-refractivity contribution in [1.29, 1.82) is 0 Å². The van der Waals surface area contributed by atoms with E-state index in [9.17, 15) is 17.6 Å². The molecule has 0 spiro atoms. The molecule has 0 aliphatic heterocycles. The highest BCUT2D eigenvalue weighted by Crippen LogP contribution is 2.37. The van der Waals surface area contributed by atoms with Gasteiger partial charge in [0.2, 0.25) is 0 Å². The minimum Gasteiger partial charge on any atom is -0.375 e. The van der Waals surface area contributed by atoms with Crippen molar-refractivity contribution in [3.05, 3.63) is 29.8 Å². The third-order valence-electron chi connectivity index (χ3n) is 2.26. The van der Waals surface area contributed by atoms with Crippen molar-refractivity contribution >= 4 is 11.8 Å². The van der Waals surface area contributed by atoms with Crippen molar-refractivity contribution < 1.29 is 22.3 Å². The van der Waals surface area contributed by atoms with E-state index in [1.165, 1.54) is 31.4 Å². The van der Waals surface area contributed by atoms with Crippen LogP contribution in [0.1, 0.15) is 11.7 Å². The normalized spacial score (nSPS) is 15.4. The third kappa shape index (κ3) is 4.47. The Balaban J connectivity index is 2.81. The fourth-order valence-electron chi connectivity index (χ4n) is 1.50. The van der Waals surface area contributed by atoms with Gasteiger partial charge in [0.25, 0.3) is 0 Å². The van der Waals surface area contributed by atoms with E-state index in [2.05, 4.69) is 0 Å². The van der Waals surface area contributed by atoms with Gasteiger partial charge in [0.15, 0.2) is 0 Å². The average molecular weight is 283 g/mol. The Morgan fingerprint density at radius 3 is 2.22 bits per heavy atom. The van der Waals surface area contributed by atoms with Crippen LogP contribution in [-0.4, -0.2) is 25.3 Å². The summed E-state index contributed by atoms with van der Waals surface area (Å²) in [5.41, 5.74) is 1.74. The van der Waals surface area contributed by atoms with Crippen molar-refractivity contribution in [3.8, 4) is 0 Å². The topological polar surface area (TPSA) is 35.2 Å². The number of ether oxygens (including phenoxy) is 1. The highest BCUT2D eigenvalue weighted by molar-refractivity contribution is 8.00. The van der Waals surface area contributed by atoms with Gasteiger partial charge in [-0.2, -0.15) is 13.2 Å². The van der Waals surface area contributed by atoms with Crippen LogP contribution >= 0.6 is 11.8 Å². The fraction of sp³-hybridized carbons (Fsp3) is 0.455. The smallest absolute Gasteiger partial charge is 0.375 e. The second kappa shape index (κ2) is 6.40. The van der Waals surface area contributed by atoms with Gasteiger partial charge in [-0.3, -0.25) is 0 Å². The zero-order valence-electron chi connectivity index (χ0n) is 9.58. The molecule has 102 valence electrons. The minimum atomic E-state index is -4.32. The van der Waals surface area contributed by atoms with Crippen molar-refractivity contribution in [2.75, 3.05) is 13.8 Å². The summed E-state index contributed by atoms with van der Waals surface area (Å²) < 4.78 is 53.8. The maximum Gasteiger partial charge on any atom is 0.446 e. The highest BCUT2D eigenvalue weighted by atomic mass is 32.2. The van der Waals surface area contributed by atoms with E-state index in [4.69, 9.17) is 10.5 Å². The number of methoxy groups -OCH3 is 1. The number of nitrogens with two attached hydrogens (primary N) is 1. The van der Waals surface area contributed by atoms with Crippen LogP contribution < -0.4 is 5.73 Å². The lowest BCUT2D eigenvalue weighted by Gasteiger charge is -2.20. The first kappa shape index (κ1) is 15.3. The van der Waals surface area contributed by atoms with E-state index in [0.29, 0.717) is 5.56 Å². The highest BCUT2D eigenvalue weighted by Gasteiger charge is 2.29. The van der Waals surface area contributed by atoms with Gasteiger partial charge in [-0.05, 0) is 29.5 Å². The molecule has 0 fully saturated rings. The number of halogens is 4. The zero-order chi connectivity index (χ0) is 13.8. The molecule has 18 heavy (non-hydrogen) atoms. The van der Waals surface area contributed by atoms with Crippen LogP contribution in [0.15, 0.2) is 29.2 Å². The van der Waals surface area contributed by atoms with Gasteiger partial charge in [-0.1, -0.05) is 12.1 Å². The molecule has 1 aromatic rings. The van der Waals surface area contributed by atoms with E-state index in [0.717, 1.165) is 0 Å². The number of hydrogen-bond acceptors (Lipinski definition) is 3. The Morgan fingerprint density at radius 2 is 1.83 bits per heavy atom. The third-order valence-corrected chi connectivity index (χ3v) is 3.00. The molecule has 0 heterocycles. The maximum absolute atomic E-state index is 12.5. The molecule has 0 aliphatic carbocycles. The lowest BCUT2D eigenvalue weighted by molar-refractivity contribution is -0.0328. The van der Waals surface area contributed by atoms with Gasteiger partial charge in [0.05, 0.1) is 12.1 Å². The summed E-state index contributed by atoms with van der Waals surface area (Å²) in [6.45, 7) is -0.766. The van der Waals surface area contributed by atoms with E-state index in [1.54, 1.807) is 0 Å². The first-order valence-electron chi connectivity index (χ1n) is 5.07. The predicted octanol–water partition coefficient (Wildman–Crippen LogP) is 3.28. The molecule has 0 aliphatic rings. The first-order valence-corrected chi connectivity index (χ1v) is 5.89. The second-order valence-corrected chi connectivity index (χ2v) is 4.73. The fourth-order valence-corrected chi connectivity index (χ4v) is 2.04. The molecular weight excluding hydrogens is 270 g/mol. The van der Waals surface area contributed by atoms with Crippen molar-refractivity contribution in [1.82, 2.24) is 0 Å². The summed E-state index contributed by atoms with van der Waals surface area (Å²) in [5.74, 6) is 0. The van der Waals surface area contributed by atoms with Crippen LogP contribution in [0, 0.1) is 0 Å². The molecule has 1 unspecified atom stereocenters. The molecule has 2 N–H and O–H groups in total. The van der Waals surface area contributed by atoms with E-state index < -0.39 is 24.3 Å². The van der Waals surface area contributed by atoms with E-state index in [-0.39, 0.29) is 16.7 Å². The van der Waals surface area contributed by atoms with Crippen molar-refractivity contribution in [3.63, 3.8) is 0 Å². The largest absolute Gasteiger partial charge is 0.446 e. The molecule has 1 aromatic carbocycles. The summed E-state index contributed by atoms with van der Waals surface area (Å²) >= 11 is -0.203. The molecule has 2 atom stereocenters. The lowest BCUT2D eigenvalue weighted by Crippen LogP contribution is -2.31. The molecule has 0 amide bonds. The summed E-state index contributed by atoms with van der Waals surface area (Å²) in [6, 6.07) is 4.70. The standard InChI is InChI=1S/C11H13F4NOS/c1-17-10(9(16)6-12)7-2-4-8(5-3-7)18-11(13,14)15/h2-5,9-10H,6,16H2,1H3/t9?,10-/m1/s1. The monoisotopic (exact) mass is 283 g/mol. The van der Waals surface area contributed by atoms with Crippen LogP contribution in [0.5, 0.6) is 0 Å². The van der Waals surface area contributed by atoms with Crippen LogP contribution in [0.3, 0.4) is 0 Å². The van der Waals surface area contributed by atoms with Crippen molar-refractivity contribution in [2.45, 2.75) is 22.5 Å². The van der Waals surface area contributed by atoms with Crippen LogP contribution in [0.4, 0.5) is 17.6 Å². The summed E-state index contributed by atoms with van der Waals surface area (Å²) in [6.07, 6.45) is -0.667. The Hall–Kier alpha value is -0.790.